The van der Waals surface area contributed by atoms with Crippen molar-refractivity contribution in [2.45, 2.75) is 44.8 Å². The van der Waals surface area contributed by atoms with E-state index >= 15 is 0 Å². The van der Waals surface area contributed by atoms with Gasteiger partial charge in [0.2, 0.25) is 0 Å². The number of nitrogens with zero attached hydrogens (tertiary/aromatic N) is 3. The molecule has 0 saturated carbocycles. The third kappa shape index (κ3) is 4.23. The Kier molecular flexibility index (Phi) is 6.89. The zero-order valence-electron chi connectivity index (χ0n) is 12.8. The topological polar surface area (TPSA) is 47.1 Å². The van der Waals surface area contributed by atoms with Gasteiger partial charge in [0, 0.05) is 36.6 Å². The van der Waals surface area contributed by atoms with Crippen LogP contribution >= 0.6 is 11.8 Å². The minimum Gasteiger partial charge on any atom is -0.326 e. The SMILES string of the molecule is CCC(N)C(c1cnn(C)c1)N(C)C(CC)CSC. The fourth-order valence-corrected chi connectivity index (χ4v) is 3.40. The maximum absolute atomic E-state index is 6.36. The molecule has 3 unspecified atom stereocenters. The van der Waals surface area contributed by atoms with Gasteiger partial charge < -0.3 is 5.73 Å². The van der Waals surface area contributed by atoms with Crippen molar-refractivity contribution >= 4 is 11.8 Å². The van der Waals surface area contributed by atoms with E-state index in [-0.39, 0.29) is 12.1 Å². The lowest BCUT2D eigenvalue weighted by atomic mass is 9.97. The molecule has 5 heteroatoms. The van der Waals surface area contributed by atoms with Gasteiger partial charge in [-0.1, -0.05) is 13.8 Å². The van der Waals surface area contributed by atoms with Gasteiger partial charge in [-0.3, -0.25) is 9.58 Å². The standard InChI is InChI=1S/C14H28N4S/c1-6-12(10-19-5)18(4)14(13(15)7-2)11-8-16-17(3)9-11/h8-9,12-14H,6-7,10,15H2,1-5H3. The first-order chi connectivity index (χ1) is 9.04. The maximum atomic E-state index is 6.36. The zero-order valence-corrected chi connectivity index (χ0v) is 13.7. The van der Waals surface area contributed by atoms with Gasteiger partial charge in [0.15, 0.2) is 0 Å². The van der Waals surface area contributed by atoms with Crippen LogP contribution in [0, 0.1) is 0 Å². The minimum atomic E-state index is 0.144. The number of likely N-dealkylation sites (N-methyl/N-ethyl adjacent to an activating group) is 1. The molecule has 0 fully saturated rings. The molecule has 1 heterocycles. The van der Waals surface area contributed by atoms with Gasteiger partial charge in [-0.05, 0) is 26.1 Å². The lowest BCUT2D eigenvalue weighted by molar-refractivity contribution is 0.157. The summed E-state index contributed by atoms with van der Waals surface area (Å²) in [4.78, 5) is 2.43. The normalized spacial score (nSPS) is 16.6. The van der Waals surface area contributed by atoms with Crippen LogP contribution in [-0.4, -0.2) is 45.8 Å². The quantitative estimate of drug-likeness (QED) is 0.795. The molecular weight excluding hydrogens is 256 g/mol. The molecule has 2 N–H and O–H groups in total. The van der Waals surface area contributed by atoms with Crippen molar-refractivity contribution < 1.29 is 0 Å². The summed E-state index contributed by atoms with van der Waals surface area (Å²) in [5, 5.41) is 4.30. The van der Waals surface area contributed by atoms with E-state index in [9.17, 15) is 0 Å². The molecule has 4 nitrogen and oxygen atoms in total. The third-order valence-electron chi connectivity index (χ3n) is 3.79. The van der Waals surface area contributed by atoms with Gasteiger partial charge in [0.25, 0.3) is 0 Å². The molecule has 0 aliphatic carbocycles. The summed E-state index contributed by atoms with van der Waals surface area (Å²) in [5.41, 5.74) is 7.58. The number of nitrogens with two attached hydrogens (primary N) is 1. The molecular formula is C14H28N4S. The van der Waals surface area contributed by atoms with E-state index in [1.165, 1.54) is 5.56 Å². The van der Waals surface area contributed by atoms with Gasteiger partial charge in [-0.2, -0.15) is 16.9 Å². The summed E-state index contributed by atoms with van der Waals surface area (Å²) < 4.78 is 1.86. The maximum Gasteiger partial charge on any atom is 0.0538 e. The molecule has 1 aromatic heterocycles. The van der Waals surface area contributed by atoms with Crippen molar-refractivity contribution in [3.8, 4) is 0 Å². The highest BCUT2D eigenvalue weighted by molar-refractivity contribution is 7.98. The summed E-state index contributed by atoms with van der Waals surface area (Å²) in [6.07, 6.45) is 8.31. The predicted molar refractivity (Wildman–Crippen MR) is 84.4 cm³/mol. The Morgan fingerprint density at radius 2 is 2.11 bits per heavy atom. The van der Waals surface area contributed by atoms with Crippen LogP contribution in [0.25, 0.3) is 0 Å². The first-order valence-corrected chi connectivity index (χ1v) is 8.39. The van der Waals surface area contributed by atoms with Crippen molar-refractivity contribution in [1.29, 1.82) is 0 Å². The lowest BCUT2D eigenvalue weighted by Crippen LogP contribution is -2.44. The van der Waals surface area contributed by atoms with Crippen molar-refractivity contribution in [3.05, 3.63) is 18.0 Å². The Morgan fingerprint density at radius 1 is 1.42 bits per heavy atom. The second-order valence-corrected chi connectivity index (χ2v) is 6.06. The van der Waals surface area contributed by atoms with Crippen LogP contribution in [0.15, 0.2) is 12.4 Å². The summed E-state index contributed by atoms with van der Waals surface area (Å²) in [7, 11) is 4.15. The molecule has 0 spiro atoms. The summed E-state index contributed by atoms with van der Waals surface area (Å²) >= 11 is 1.90. The highest BCUT2D eigenvalue weighted by atomic mass is 32.2. The Balaban J connectivity index is 2.96. The Hall–Kier alpha value is -0.520. The molecule has 3 atom stereocenters. The molecule has 1 aromatic rings. The van der Waals surface area contributed by atoms with E-state index in [1.807, 2.05) is 29.7 Å². The zero-order chi connectivity index (χ0) is 14.4. The van der Waals surface area contributed by atoms with Gasteiger partial charge in [-0.25, -0.2) is 0 Å². The van der Waals surface area contributed by atoms with Gasteiger partial charge >= 0.3 is 0 Å². The number of thioether (sulfide) groups is 1. The number of hydrogen-bond acceptors (Lipinski definition) is 4. The van der Waals surface area contributed by atoms with Crippen LogP contribution < -0.4 is 5.73 Å². The summed E-state index contributed by atoms with van der Waals surface area (Å²) in [6, 6.07) is 0.943. The Bertz CT molecular complexity index is 366. The van der Waals surface area contributed by atoms with Crippen molar-refractivity contribution in [3.63, 3.8) is 0 Å². The molecule has 0 aliphatic rings. The van der Waals surface area contributed by atoms with Gasteiger partial charge in [-0.15, -0.1) is 0 Å². The van der Waals surface area contributed by atoms with E-state index in [1.54, 1.807) is 0 Å². The first kappa shape index (κ1) is 16.5. The molecule has 0 amide bonds. The Labute approximate surface area is 121 Å². The second-order valence-electron chi connectivity index (χ2n) is 5.15. The molecule has 1 rings (SSSR count). The Morgan fingerprint density at radius 3 is 2.53 bits per heavy atom. The number of aromatic nitrogens is 2. The minimum absolute atomic E-state index is 0.144. The van der Waals surface area contributed by atoms with E-state index in [0.29, 0.717) is 6.04 Å². The van der Waals surface area contributed by atoms with E-state index in [2.05, 4.69) is 43.3 Å². The van der Waals surface area contributed by atoms with E-state index in [0.717, 1.165) is 18.6 Å². The molecule has 110 valence electrons. The smallest absolute Gasteiger partial charge is 0.0538 e. The summed E-state index contributed by atoms with van der Waals surface area (Å²) in [5.74, 6) is 1.14. The van der Waals surface area contributed by atoms with Crippen LogP contribution in [0.3, 0.4) is 0 Å². The monoisotopic (exact) mass is 284 g/mol. The van der Waals surface area contributed by atoms with Crippen LogP contribution in [0.5, 0.6) is 0 Å². The molecule has 0 aliphatic heterocycles. The van der Waals surface area contributed by atoms with Gasteiger partial charge in [0.05, 0.1) is 12.2 Å². The van der Waals surface area contributed by atoms with Crippen molar-refractivity contribution in [2.24, 2.45) is 12.8 Å². The largest absolute Gasteiger partial charge is 0.326 e. The second kappa shape index (κ2) is 7.92. The lowest BCUT2D eigenvalue weighted by Gasteiger charge is -2.37. The third-order valence-corrected chi connectivity index (χ3v) is 4.51. The molecule has 0 radical (unpaired) electrons. The molecule has 19 heavy (non-hydrogen) atoms. The van der Waals surface area contributed by atoms with E-state index < -0.39 is 0 Å². The molecule has 0 aromatic carbocycles. The average molecular weight is 284 g/mol. The fourth-order valence-electron chi connectivity index (χ4n) is 2.54. The van der Waals surface area contributed by atoms with Crippen molar-refractivity contribution in [1.82, 2.24) is 14.7 Å². The first-order valence-electron chi connectivity index (χ1n) is 7.00. The highest BCUT2D eigenvalue weighted by Crippen LogP contribution is 2.27. The van der Waals surface area contributed by atoms with Crippen molar-refractivity contribution in [2.75, 3.05) is 19.1 Å². The molecule has 0 saturated heterocycles. The van der Waals surface area contributed by atoms with E-state index in [4.69, 9.17) is 5.73 Å². The highest BCUT2D eigenvalue weighted by Gasteiger charge is 2.28. The molecule has 0 bridgehead atoms. The van der Waals surface area contributed by atoms with Crippen LogP contribution in [0.1, 0.15) is 38.3 Å². The van der Waals surface area contributed by atoms with Crippen LogP contribution in [-0.2, 0) is 7.05 Å². The van der Waals surface area contributed by atoms with Gasteiger partial charge in [0.1, 0.15) is 0 Å². The average Bonchev–Trinajstić information content (AvgIpc) is 2.82. The number of hydrogen-bond donors (Lipinski definition) is 1. The van der Waals surface area contributed by atoms with Crippen LogP contribution in [0.4, 0.5) is 0 Å². The fraction of sp³-hybridized carbons (Fsp3) is 0.786. The summed E-state index contributed by atoms with van der Waals surface area (Å²) in [6.45, 7) is 4.40. The van der Waals surface area contributed by atoms with Crippen LogP contribution in [0.2, 0.25) is 0 Å². The number of rotatable bonds is 8. The predicted octanol–water partition coefficient (Wildman–Crippen LogP) is 2.27. The number of aryl methyl sites for hydroxylation is 1.